The Bertz CT molecular complexity index is 544. The smallest absolute Gasteiger partial charge is 0.0602 e. The third kappa shape index (κ3) is 3.32. The molecule has 0 spiro atoms. The molecule has 1 unspecified atom stereocenters. The zero-order valence-electron chi connectivity index (χ0n) is 12.3. The fraction of sp³-hybridized carbons (Fsp3) is 0.333. The van der Waals surface area contributed by atoms with Crippen LogP contribution in [0, 0.1) is 0 Å². The molecule has 1 saturated heterocycles. The Morgan fingerprint density at radius 3 is 2.14 bits per heavy atom. The quantitative estimate of drug-likeness (QED) is 0.902. The Kier molecular flexibility index (Phi) is 4.65. The molecular formula is C18H23N3. The number of nitrogens with one attached hydrogen (secondary N) is 1. The highest BCUT2D eigenvalue weighted by Gasteiger charge is 2.23. The second kappa shape index (κ2) is 6.85. The van der Waals surface area contributed by atoms with Gasteiger partial charge in [-0.2, -0.15) is 0 Å². The zero-order chi connectivity index (χ0) is 14.5. The maximum atomic E-state index is 5.71. The van der Waals surface area contributed by atoms with Gasteiger partial charge in [-0.3, -0.25) is 4.90 Å². The molecule has 0 bridgehead atoms. The van der Waals surface area contributed by atoms with E-state index in [1.807, 2.05) is 0 Å². The second-order valence-corrected chi connectivity index (χ2v) is 5.54. The van der Waals surface area contributed by atoms with E-state index in [2.05, 4.69) is 64.8 Å². The fourth-order valence-electron chi connectivity index (χ4n) is 3.03. The molecule has 1 atom stereocenters. The Hall–Kier alpha value is -1.68. The van der Waals surface area contributed by atoms with Crippen LogP contribution in [-0.4, -0.2) is 31.1 Å². The standard InChI is InChI=1S/C18H23N3/c19-14-15-6-8-17(9-7-15)18(16-4-2-1-3-5-16)21-12-10-20-11-13-21/h1-9,18,20H,10-14,19H2. The molecule has 0 aliphatic carbocycles. The van der Waals surface area contributed by atoms with Gasteiger partial charge in [-0.15, -0.1) is 0 Å². The molecule has 0 aromatic heterocycles. The first kappa shape index (κ1) is 14.3. The Morgan fingerprint density at radius 1 is 0.905 bits per heavy atom. The van der Waals surface area contributed by atoms with Crippen molar-refractivity contribution >= 4 is 0 Å². The summed E-state index contributed by atoms with van der Waals surface area (Å²) in [5.74, 6) is 0. The fourth-order valence-corrected chi connectivity index (χ4v) is 3.03. The Morgan fingerprint density at radius 2 is 1.52 bits per heavy atom. The van der Waals surface area contributed by atoms with Gasteiger partial charge in [0.2, 0.25) is 0 Å². The molecule has 3 nitrogen and oxygen atoms in total. The van der Waals surface area contributed by atoms with Crippen LogP contribution in [-0.2, 0) is 6.54 Å². The molecule has 1 aliphatic heterocycles. The summed E-state index contributed by atoms with van der Waals surface area (Å²) < 4.78 is 0. The summed E-state index contributed by atoms with van der Waals surface area (Å²) in [6.45, 7) is 4.88. The van der Waals surface area contributed by atoms with Crippen LogP contribution in [0.25, 0.3) is 0 Å². The molecule has 1 fully saturated rings. The first-order valence-corrected chi connectivity index (χ1v) is 7.67. The summed E-state index contributed by atoms with van der Waals surface area (Å²) in [7, 11) is 0. The Balaban J connectivity index is 1.94. The van der Waals surface area contributed by atoms with Gasteiger partial charge < -0.3 is 11.1 Å². The van der Waals surface area contributed by atoms with Crippen LogP contribution in [0.2, 0.25) is 0 Å². The Labute approximate surface area is 126 Å². The van der Waals surface area contributed by atoms with E-state index in [9.17, 15) is 0 Å². The highest BCUT2D eigenvalue weighted by molar-refractivity contribution is 5.33. The molecule has 0 saturated carbocycles. The van der Waals surface area contributed by atoms with Crippen LogP contribution in [0.4, 0.5) is 0 Å². The van der Waals surface area contributed by atoms with Crippen LogP contribution in [0.3, 0.4) is 0 Å². The number of hydrogen-bond donors (Lipinski definition) is 2. The van der Waals surface area contributed by atoms with Crippen LogP contribution in [0.5, 0.6) is 0 Å². The highest BCUT2D eigenvalue weighted by atomic mass is 15.2. The molecule has 21 heavy (non-hydrogen) atoms. The normalized spacial score (nSPS) is 17.6. The lowest BCUT2D eigenvalue weighted by Crippen LogP contribution is -2.45. The molecule has 2 aromatic carbocycles. The van der Waals surface area contributed by atoms with Crippen molar-refractivity contribution in [2.24, 2.45) is 5.73 Å². The number of nitrogens with two attached hydrogens (primary N) is 1. The van der Waals surface area contributed by atoms with E-state index in [1.54, 1.807) is 0 Å². The van der Waals surface area contributed by atoms with Gasteiger partial charge in [-0.25, -0.2) is 0 Å². The number of rotatable bonds is 4. The lowest BCUT2D eigenvalue weighted by molar-refractivity contribution is 0.198. The summed E-state index contributed by atoms with van der Waals surface area (Å²) in [5, 5.41) is 3.43. The topological polar surface area (TPSA) is 41.3 Å². The minimum Gasteiger partial charge on any atom is -0.326 e. The predicted octanol–water partition coefficient (Wildman–Crippen LogP) is 2.14. The van der Waals surface area contributed by atoms with Gasteiger partial charge in [0.1, 0.15) is 0 Å². The van der Waals surface area contributed by atoms with E-state index in [0.29, 0.717) is 12.6 Å². The van der Waals surface area contributed by atoms with Crippen LogP contribution in [0.15, 0.2) is 54.6 Å². The third-order valence-corrected chi connectivity index (χ3v) is 4.16. The molecule has 1 heterocycles. The lowest BCUT2D eigenvalue weighted by Gasteiger charge is -2.35. The third-order valence-electron chi connectivity index (χ3n) is 4.16. The minimum absolute atomic E-state index is 0.333. The maximum absolute atomic E-state index is 5.71. The summed E-state index contributed by atoms with van der Waals surface area (Å²) in [6.07, 6.45) is 0. The van der Waals surface area contributed by atoms with Gasteiger partial charge in [0.25, 0.3) is 0 Å². The van der Waals surface area contributed by atoms with Crippen LogP contribution < -0.4 is 11.1 Å². The average molecular weight is 281 g/mol. The van der Waals surface area contributed by atoms with Crippen molar-refractivity contribution in [2.45, 2.75) is 12.6 Å². The van der Waals surface area contributed by atoms with E-state index in [1.165, 1.54) is 16.7 Å². The summed E-state index contributed by atoms with van der Waals surface area (Å²) in [4.78, 5) is 2.56. The average Bonchev–Trinajstić information content (AvgIpc) is 2.58. The van der Waals surface area contributed by atoms with E-state index in [-0.39, 0.29) is 0 Å². The van der Waals surface area contributed by atoms with Crippen molar-refractivity contribution in [1.29, 1.82) is 0 Å². The van der Waals surface area contributed by atoms with Crippen molar-refractivity contribution in [3.05, 3.63) is 71.3 Å². The van der Waals surface area contributed by atoms with Crippen molar-refractivity contribution < 1.29 is 0 Å². The zero-order valence-corrected chi connectivity index (χ0v) is 12.3. The van der Waals surface area contributed by atoms with Gasteiger partial charge in [0.05, 0.1) is 6.04 Å². The van der Waals surface area contributed by atoms with E-state index < -0.39 is 0 Å². The SMILES string of the molecule is NCc1ccc(C(c2ccccc2)N2CCNCC2)cc1. The van der Waals surface area contributed by atoms with Crippen molar-refractivity contribution in [3.8, 4) is 0 Å². The lowest BCUT2D eigenvalue weighted by atomic mass is 9.95. The van der Waals surface area contributed by atoms with Gasteiger partial charge in [0, 0.05) is 32.7 Å². The summed E-state index contributed by atoms with van der Waals surface area (Å²) in [6, 6.07) is 19.9. The van der Waals surface area contributed by atoms with Gasteiger partial charge in [0.15, 0.2) is 0 Å². The first-order chi connectivity index (χ1) is 10.4. The predicted molar refractivity (Wildman–Crippen MR) is 87.1 cm³/mol. The van der Waals surface area contributed by atoms with Crippen molar-refractivity contribution in [2.75, 3.05) is 26.2 Å². The molecule has 0 radical (unpaired) electrons. The van der Waals surface area contributed by atoms with Crippen LogP contribution in [0.1, 0.15) is 22.7 Å². The maximum Gasteiger partial charge on any atom is 0.0602 e. The van der Waals surface area contributed by atoms with Gasteiger partial charge >= 0.3 is 0 Å². The number of piperazine rings is 1. The molecule has 3 heteroatoms. The van der Waals surface area contributed by atoms with Crippen molar-refractivity contribution in [1.82, 2.24) is 10.2 Å². The molecule has 2 aromatic rings. The monoisotopic (exact) mass is 281 g/mol. The number of hydrogen-bond acceptors (Lipinski definition) is 3. The van der Waals surface area contributed by atoms with Gasteiger partial charge in [-0.05, 0) is 16.7 Å². The van der Waals surface area contributed by atoms with Gasteiger partial charge in [-0.1, -0.05) is 54.6 Å². The van der Waals surface area contributed by atoms with E-state index in [0.717, 1.165) is 26.2 Å². The van der Waals surface area contributed by atoms with E-state index >= 15 is 0 Å². The molecule has 110 valence electrons. The number of nitrogens with zero attached hydrogens (tertiary/aromatic N) is 1. The summed E-state index contributed by atoms with van der Waals surface area (Å²) >= 11 is 0. The molecule has 1 aliphatic rings. The van der Waals surface area contributed by atoms with Crippen LogP contribution >= 0.6 is 0 Å². The number of benzene rings is 2. The van der Waals surface area contributed by atoms with Crippen molar-refractivity contribution in [3.63, 3.8) is 0 Å². The first-order valence-electron chi connectivity index (χ1n) is 7.67. The molecule has 3 N–H and O–H groups in total. The molecular weight excluding hydrogens is 258 g/mol. The molecule has 3 rings (SSSR count). The summed E-state index contributed by atoms with van der Waals surface area (Å²) in [5.41, 5.74) is 9.61. The minimum atomic E-state index is 0.333. The largest absolute Gasteiger partial charge is 0.326 e. The second-order valence-electron chi connectivity index (χ2n) is 5.54. The van der Waals surface area contributed by atoms with E-state index in [4.69, 9.17) is 5.73 Å². The highest BCUT2D eigenvalue weighted by Crippen LogP contribution is 2.29. The molecule has 0 amide bonds.